The Bertz CT molecular complexity index is 127. The molecule has 0 aromatic carbocycles. The quantitative estimate of drug-likeness (QED) is 0.515. The minimum atomic E-state index is 0.922. The fourth-order valence-electron chi connectivity index (χ4n) is 2.00. The van der Waals surface area contributed by atoms with Crippen molar-refractivity contribution in [2.75, 3.05) is 25.0 Å². The zero-order valence-corrected chi connectivity index (χ0v) is 10.4. The molecule has 0 bridgehead atoms. The first kappa shape index (κ1) is 11.5. The van der Waals surface area contributed by atoms with Gasteiger partial charge in [-0.25, -0.2) is 0 Å². The molecule has 1 rings (SSSR count). The van der Waals surface area contributed by atoms with Gasteiger partial charge in [0.2, 0.25) is 0 Å². The Kier molecular flexibility index (Phi) is 6.05. The molecule has 1 saturated heterocycles. The molecule has 0 aromatic rings. The molecular formula is C11H22BrN. The van der Waals surface area contributed by atoms with Crippen molar-refractivity contribution in [1.82, 2.24) is 4.90 Å². The van der Waals surface area contributed by atoms with Crippen LogP contribution in [-0.2, 0) is 0 Å². The lowest BCUT2D eigenvalue weighted by atomic mass is 10.2. The highest BCUT2D eigenvalue weighted by atomic mass is 79.9. The zero-order valence-electron chi connectivity index (χ0n) is 8.77. The summed E-state index contributed by atoms with van der Waals surface area (Å²) in [5, 5.41) is 1.19. The summed E-state index contributed by atoms with van der Waals surface area (Å²) in [6, 6.07) is 0. The predicted molar refractivity (Wildman–Crippen MR) is 62.5 cm³/mol. The van der Waals surface area contributed by atoms with Gasteiger partial charge in [-0.15, -0.1) is 0 Å². The molecule has 1 nitrogen and oxygen atoms in total. The second-order valence-corrected chi connectivity index (χ2v) is 4.82. The number of unbranched alkanes of at least 4 members (excludes halogenated alkanes) is 3. The summed E-state index contributed by atoms with van der Waals surface area (Å²) >= 11 is 3.57. The molecule has 0 N–H and O–H groups in total. The minimum Gasteiger partial charge on any atom is -0.303 e. The van der Waals surface area contributed by atoms with Crippen molar-refractivity contribution in [3.05, 3.63) is 0 Å². The van der Waals surface area contributed by atoms with Gasteiger partial charge < -0.3 is 4.90 Å². The van der Waals surface area contributed by atoms with Crippen molar-refractivity contribution in [3.8, 4) is 0 Å². The van der Waals surface area contributed by atoms with Crippen LogP contribution in [0.3, 0.4) is 0 Å². The fraction of sp³-hybridized carbons (Fsp3) is 1.00. The van der Waals surface area contributed by atoms with Gasteiger partial charge in [-0.05, 0) is 31.8 Å². The van der Waals surface area contributed by atoms with Crippen LogP contribution in [0.4, 0.5) is 0 Å². The van der Waals surface area contributed by atoms with Gasteiger partial charge in [-0.1, -0.05) is 42.1 Å². The molecule has 1 heterocycles. The van der Waals surface area contributed by atoms with Crippen molar-refractivity contribution in [2.45, 2.75) is 39.0 Å². The van der Waals surface area contributed by atoms with Crippen molar-refractivity contribution in [1.29, 1.82) is 0 Å². The van der Waals surface area contributed by atoms with E-state index in [0.29, 0.717) is 0 Å². The molecule has 1 aliphatic heterocycles. The van der Waals surface area contributed by atoms with E-state index in [0.717, 1.165) is 5.92 Å². The van der Waals surface area contributed by atoms with E-state index in [1.165, 1.54) is 57.1 Å². The third-order valence-electron chi connectivity index (χ3n) is 2.92. The van der Waals surface area contributed by atoms with Gasteiger partial charge in [0.15, 0.2) is 0 Å². The highest BCUT2D eigenvalue weighted by Crippen LogP contribution is 2.18. The van der Waals surface area contributed by atoms with E-state index >= 15 is 0 Å². The summed E-state index contributed by atoms with van der Waals surface area (Å²) in [5.74, 6) is 0.922. The number of hydrogen-bond acceptors (Lipinski definition) is 1. The first-order chi connectivity index (χ1) is 6.36. The third-order valence-corrected chi connectivity index (χ3v) is 3.83. The maximum atomic E-state index is 3.57. The Morgan fingerprint density at radius 1 is 1.31 bits per heavy atom. The van der Waals surface area contributed by atoms with Gasteiger partial charge in [0.05, 0.1) is 0 Å². The molecule has 0 aliphatic carbocycles. The van der Waals surface area contributed by atoms with Crippen LogP contribution < -0.4 is 0 Å². The average molecular weight is 248 g/mol. The molecule has 0 saturated carbocycles. The minimum absolute atomic E-state index is 0.922. The van der Waals surface area contributed by atoms with Crippen LogP contribution in [0.2, 0.25) is 0 Å². The van der Waals surface area contributed by atoms with Crippen molar-refractivity contribution in [3.63, 3.8) is 0 Å². The van der Waals surface area contributed by atoms with Gasteiger partial charge in [0.25, 0.3) is 0 Å². The number of likely N-dealkylation sites (tertiary alicyclic amines) is 1. The largest absolute Gasteiger partial charge is 0.303 e. The van der Waals surface area contributed by atoms with Crippen LogP contribution in [0.15, 0.2) is 0 Å². The van der Waals surface area contributed by atoms with Crippen LogP contribution in [0.5, 0.6) is 0 Å². The topological polar surface area (TPSA) is 3.24 Å². The van der Waals surface area contributed by atoms with E-state index < -0.39 is 0 Å². The van der Waals surface area contributed by atoms with Crippen LogP contribution in [-0.4, -0.2) is 29.9 Å². The monoisotopic (exact) mass is 247 g/mol. The maximum absolute atomic E-state index is 3.57. The summed E-state index contributed by atoms with van der Waals surface area (Å²) in [6.45, 7) is 6.28. The van der Waals surface area contributed by atoms with E-state index in [9.17, 15) is 0 Å². The Labute approximate surface area is 91.0 Å². The predicted octanol–water partition coefficient (Wildman–Crippen LogP) is 3.28. The third kappa shape index (κ3) is 4.46. The molecule has 2 heteroatoms. The van der Waals surface area contributed by atoms with E-state index in [1.807, 2.05) is 0 Å². The normalized spacial score (nSPS) is 24.0. The van der Waals surface area contributed by atoms with Gasteiger partial charge in [-0.2, -0.15) is 0 Å². The van der Waals surface area contributed by atoms with E-state index in [2.05, 4.69) is 27.8 Å². The van der Waals surface area contributed by atoms with Gasteiger partial charge in [0, 0.05) is 11.9 Å². The molecule has 0 radical (unpaired) electrons. The molecule has 78 valence electrons. The number of hydrogen-bond donors (Lipinski definition) is 0. The van der Waals surface area contributed by atoms with Crippen molar-refractivity contribution in [2.24, 2.45) is 5.92 Å². The first-order valence-corrected chi connectivity index (χ1v) is 6.77. The number of rotatable bonds is 6. The van der Waals surface area contributed by atoms with Gasteiger partial charge in [0.1, 0.15) is 0 Å². The molecular weight excluding hydrogens is 226 g/mol. The number of nitrogens with zero attached hydrogens (tertiary/aromatic N) is 1. The Morgan fingerprint density at radius 3 is 2.77 bits per heavy atom. The zero-order chi connectivity index (χ0) is 9.52. The lowest BCUT2D eigenvalue weighted by Crippen LogP contribution is -2.22. The molecule has 1 atom stereocenters. The highest BCUT2D eigenvalue weighted by Gasteiger charge is 2.20. The highest BCUT2D eigenvalue weighted by molar-refractivity contribution is 9.09. The van der Waals surface area contributed by atoms with Crippen LogP contribution in [0, 0.1) is 5.92 Å². The maximum Gasteiger partial charge on any atom is 0.00723 e. The van der Waals surface area contributed by atoms with Crippen LogP contribution >= 0.6 is 15.9 Å². The SMILES string of the molecule is CCCCCCN1CCC(CBr)C1. The second kappa shape index (κ2) is 6.83. The van der Waals surface area contributed by atoms with Crippen molar-refractivity contribution >= 4 is 15.9 Å². The summed E-state index contributed by atoms with van der Waals surface area (Å²) < 4.78 is 0. The van der Waals surface area contributed by atoms with E-state index in [-0.39, 0.29) is 0 Å². The number of halogens is 1. The Morgan fingerprint density at radius 2 is 2.15 bits per heavy atom. The summed E-state index contributed by atoms with van der Waals surface area (Å²) in [6.07, 6.45) is 6.99. The molecule has 0 spiro atoms. The summed E-state index contributed by atoms with van der Waals surface area (Å²) in [5.41, 5.74) is 0. The fourth-order valence-corrected chi connectivity index (χ4v) is 2.53. The summed E-state index contributed by atoms with van der Waals surface area (Å²) in [4.78, 5) is 2.63. The van der Waals surface area contributed by atoms with E-state index in [4.69, 9.17) is 0 Å². The molecule has 1 fully saturated rings. The summed E-state index contributed by atoms with van der Waals surface area (Å²) in [7, 11) is 0. The van der Waals surface area contributed by atoms with Crippen molar-refractivity contribution < 1.29 is 0 Å². The van der Waals surface area contributed by atoms with Crippen LogP contribution in [0.1, 0.15) is 39.0 Å². The molecule has 1 aliphatic rings. The molecule has 1 unspecified atom stereocenters. The van der Waals surface area contributed by atoms with Gasteiger partial charge in [-0.3, -0.25) is 0 Å². The Hall–Kier alpha value is 0.440. The smallest absolute Gasteiger partial charge is 0.00723 e. The first-order valence-electron chi connectivity index (χ1n) is 5.65. The lowest BCUT2D eigenvalue weighted by Gasteiger charge is -2.14. The van der Waals surface area contributed by atoms with Crippen LogP contribution in [0.25, 0.3) is 0 Å². The van der Waals surface area contributed by atoms with Gasteiger partial charge >= 0.3 is 0 Å². The lowest BCUT2D eigenvalue weighted by molar-refractivity contribution is 0.319. The molecule has 13 heavy (non-hydrogen) atoms. The second-order valence-electron chi connectivity index (χ2n) is 4.17. The average Bonchev–Trinajstić information content (AvgIpc) is 2.60. The van der Waals surface area contributed by atoms with E-state index in [1.54, 1.807) is 0 Å². The molecule has 0 amide bonds. The number of alkyl halides is 1. The Balaban J connectivity index is 1.97. The standard InChI is InChI=1S/C11H22BrN/c1-2-3-4-5-7-13-8-6-11(9-12)10-13/h11H,2-10H2,1H3. The molecule has 0 aromatic heterocycles.